The summed E-state index contributed by atoms with van der Waals surface area (Å²) in [5.41, 5.74) is 4.47. The predicted molar refractivity (Wildman–Crippen MR) is 101 cm³/mol. The van der Waals surface area contributed by atoms with Crippen LogP contribution in [0.5, 0.6) is 0 Å². The van der Waals surface area contributed by atoms with Gasteiger partial charge in [0.2, 0.25) is 4.80 Å². The van der Waals surface area contributed by atoms with Crippen LogP contribution in [-0.2, 0) is 0 Å². The fourth-order valence-corrected chi connectivity index (χ4v) is 3.92. The molecule has 118 valence electrons. The number of thiazole rings is 1. The van der Waals surface area contributed by atoms with Crippen LogP contribution in [-0.4, -0.2) is 16.9 Å². The normalized spacial score (nSPS) is 12.8. The van der Waals surface area contributed by atoms with Gasteiger partial charge in [-0.1, -0.05) is 35.9 Å². The van der Waals surface area contributed by atoms with Crippen LogP contribution in [0.15, 0.2) is 57.3 Å². The van der Waals surface area contributed by atoms with E-state index in [0.29, 0.717) is 0 Å². The Kier molecular flexibility index (Phi) is 4.88. The number of aryl methyl sites for hydroxylation is 1. The lowest BCUT2D eigenvalue weighted by atomic mass is 10.1. The van der Waals surface area contributed by atoms with E-state index in [-0.39, 0.29) is 0 Å². The molecule has 0 saturated heterocycles. The molecule has 0 spiro atoms. The summed E-state index contributed by atoms with van der Waals surface area (Å²) in [6, 6.07) is 12.6. The van der Waals surface area contributed by atoms with Gasteiger partial charge >= 0.3 is 0 Å². The van der Waals surface area contributed by atoms with Crippen LogP contribution >= 0.6 is 22.7 Å². The monoisotopic (exact) mass is 341 g/mol. The Bertz CT molecular complexity index is 866. The van der Waals surface area contributed by atoms with Crippen LogP contribution in [0.1, 0.15) is 25.0 Å². The SMILES string of the molecule is CCN=c1scc(-c2cccs2)n1N=C(C)c1ccc(C)cc1. The van der Waals surface area contributed by atoms with Crippen molar-refractivity contribution in [2.45, 2.75) is 20.8 Å². The van der Waals surface area contributed by atoms with Gasteiger partial charge in [0.1, 0.15) is 0 Å². The number of nitrogens with zero attached hydrogens (tertiary/aromatic N) is 3. The van der Waals surface area contributed by atoms with Gasteiger partial charge in [-0.2, -0.15) is 5.10 Å². The lowest BCUT2D eigenvalue weighted by molar-refractivity contribution is 0.829. The van der Waals surface area contributed by atoms with Gasteiger partial charge < -0.3 is 0 Å². The number of benzene rings is 1. The Morgan fingerprint density at radius 3 is 2.57 bits per heavy atom. The largest absolute Gasteiger partial charge is 0.258 e. The molecule has 1 aromatic carbocycles. The smallest absolute Gasteiger partial charge is 0.206 e. The maximum atomic E-state index is 4.85. The van der Waals surface area contributed by atoms with Gasteiger partial charge in [-0.3, -0.25) is 4.99 Å². The van der Waals surface area contributed by atoms with Crippen LogP contribution in [0, 0.1) is 6.92 Å². The standard InChI is InChI=1S/C18H19N3S2/c1-4-19-18-21(16(12-23-18)17-6-5-11-22-17)20-14(3)15-9-7-13(2)8-10-15/h5-12H,4H2,1-3H3. The van der Waals surface area contributed by atoms with Gasteiger partial charge in [-0.05, 0) is 37.8 Å². The maximum absolute atomic E-state index is 4.85. The third-order valence-electron chi connectivity index (χ3n) is 3.47. The molecule has 3 aromatic rings. The molecule has 3 nitrogen and oxygen atoms in total. The second-order valence-corrected chi connectivity index (χ2v) is 7.00. The zero-order valence-electron chi connectivity index (χ0n) is 13.5. The molecule has 0 saturated carbocycles. The average Bonchev–Trinajstić information content (AvgIpc) is 3.19. The first-order chi connectivity index (χ1) is 11.2. The number of hydrogen-bond acceptors (Lipinski definition) is 4. The summed E-state index contributed by atoms with van der Waals surface area (Å²) in [6.45, 7) is 6.94. The number of aromatic nitrogens is 1. The van der Waals surface area contributed by atoms with E-state index in [2.05, 4.69) is 59.1 Å². The molecule has 0 bridgehead atoms. The van der Waals surface area contributed by atoms with Crippen molar-refractivity contribution < 1.29 is 0 Å². The van der Waals surface area contributed by atoms with Crippen molar-refractivity contribution in [3.05, 3.63) is 63.1 Å². The summed E-state index contributed by atoms with van der Waals surface area (Å²) in [5, 5.41) is 9.07. The highest BCUT2D eigenvalue weighted by Crippen LogP contribution is 2.25. The Labute approximate surface area is 144 Å². The lowest BCUT2D eigenvalue weighted by Gasteiger charge is -2.05. The van der Waals surface area contributed by atoms with Gasteiger partial charge in [0, 0.05) is 11.9 Å². The van der Waals surface area contributed by atoms with Gasteiger partial charge in [0.15, 0.2) is 0 Å². The number of hydrogen-bond donors (Lipinski definition) is 0. The molecule has 0 amide bonds. The van der Waals surface area contributed by atoms with Gasteiger partial charge in [0.05, 0.1) is 16.3 Å². The van der Waals surface area contributed by atoms with Crippen molar-refractivity contribution >= 4 is 28.4 Å². The van der Waals surface area contributed by atoms with E-state index in [4.69, 9.17) is 5.10 Å². The summed E-state index contributed by atoms with van der Waals surface area (Å²) in [4.78, 5) is 6.72. The van der Waals surface area contributed by atoms with E-state index in [1.54, 1.807) is 22.7 Å². The molecule has 0 unspecified atom stereocenters. The van der Waals surface area contributed by atoms with E-state index in [0.717, 1.165) is 28.3 Å². The van der Waals surface area contributed by atoms with Crippen LogP contribution in [0.4, 0.5) is 0 Å². The molecule has 2 heterocycles. The first-order valence-corrected chi connectivity index (χ1v) is 9.32. The molecule has 0 aliphatic heterocycles. The maximum Gasteiger partial charge on any atom is 0.206 e. The minimum Gasteiger partial charge on any atom is -0.258 e. The summed E-state index contributed by atoms with van der Waals surface area (Å²) >= 11 is 3.36. The predicted octanol–water partition coefficient (Wildman–Crippen LogP) is 4.78. The second kappa shape index (κ2) is 7.06. The van der Waals surface area contributed by atoms with Crippen molar-refractivity contribution in [3.8, 4) is 10.6 Å². The average molecular weight is 342 g/mol. The highest BCUT2D eigenvalue weighted by atomic mass is 32.1. The molecule has 2 aromatic heterocycles. The van der Waals surface area contributed by atoms with E-state index in [1.807, 2.05) is 18.5 Å². The third kappa shape index (κ3) is 3.51. The molecule has 23 heavy (non-hydrogen) atoms. The van der Waals surface area contributed by atoms with Crippen LogP contribution in [0.25, 0.3) is 10.6 Å². The highest BCUT2D eigenvalue weighted by Gasteiger charge is 2.09. The molecule has 3 rings (SSSR count). The minimum absolute atomic E-state index is 0.753. The molecular formula is C18H19N3S2. The van der Waals surface area contributed by atoms with E-state index in [1.165, 1.54) is 10.4 Å². The van der Waals surface area contributed by atoms with Crippen molar-refractivity contribution in [2.75, 3.05) is 6.54 Å². The Morgan fingerprint density at radius 2 is 1.91 bits per heavy atom. The third-order valence-corrected chi connectivity index (χ3v) is 5.22. The first kappa shape index (κ1) is 15.9. The summed E-state index contributed by atoms with van der Waals surface area (Å²) in [6.07, 6.45) is 0. The minimum atomic E-state index is 0.753. The van der Waals surface area contributed by atoms with Crippen molar-refractivity contribution in [1.82, 2.24) is 4.68 Å². The molecule has 0 aliphatic rings. The van der Waals surface area contributed by atoms with Gasteiger partial charge in [0.25, 0.3) is 0 Å². The van der Waals surface area contributed by atoms with Gasteiger partial charge in [-0.25, -0.2) is 4.68 Å². The fraction of sp³-hybridized carbons (Fsp3) is 0.222. The molecular weight excluding hydrogens is 322 g/mol. The summed E-state index contributed by atoms with van der Waals surface area (Å²) in [7, 11) is 0. The Morgan fingerprint density at radius 1 is 1.13 bits per heavy atom. The highest BCUT2D eigenvalue weighted by molar-refractivity contribution is 7.14. The summed E-state index contributed by atoms with van der Waals surface area (Å²) < 4.78 is 1.97. The van der Waals surface area contributed by atoms with Crippen LogP contribution < -0.4 is 4.80 Å². The molecule has 0 radical (unpaired) electrons. The molecule has 0 atom stereocenters. The van der Waals surface area contributed by atoms with Gasteiger partial charge in [-0.15, -0.1) is 22.7 Å². The molecule has 0 aliphatic carbocycles. The molecule has 5 heteroatoms. The topological polar surface area (TPSA) is 29.6 Å². The van der Waals surface area contributed by atoms with Crippen LogP contribution in [0.2, 0.25) is 0 Å². The van der Waals surface area contributed by atoms with Crippen molar-refractivity contribution in [3.63, 3.8) is 0 Å². The van der Waals surface area contributed by atoms with E-state index < -0.39 is 0 Å². The molecule has 0 fully saturated rings. The van der Waals surface area contributed by atoms with E-state index in [9.17, 15) is 0 Å². The fourth-order valence-electron chi connectivity index (χ4n) is 2.24. The van der Waals surface area contributed by atoms with E-state index >= 15 is 0 Å². The van der Waals surface area contributed by atoms with Crippen molar-refractivity contribution in [1.29, 1.82) is 0 Å². The number of rotatable bonds is 4. The summed E-state index contributed by atoms with van der Waals surface area (Å²) in [5.74, 6) is 0. The second-order valence-electron chi connectivity index (χ2n) is 5.22. The zero-order chi connectivity index (χ0) is 16.2. The lowest BCUT2D eigenvalue weighted by Crippen LogP contribution is -2.14. The first-order valence-electron chi connectivity index (χ1n) is 7.56. The van der Waals surface area contributed by atoms with Crippen LogP contribution in [0.3, 0.4) is 0 Å². The Hall–Kier alpha value is -1.98. The van der Waals surface area contributed by atoms with Crippen molar-refractivity contribution in [2.24, 2.45) is 10.1 Å². The zero-order valence-corrected chi connectivity index (χ0v) is 15.1. The quantitative estimate of drug-likeness (QED) is 0.611. The number of thiophene rings is 1. The molecule has 0 N–H and O–H groups in total. The Balaban J connectivity index is 2.10.